The van der Waals surface area contributed by atoms with Crippen LogP contribution in [0.25, 0.3) is 0 Å². The number of carbonyl (C=O) groups excluding carboxylic acids is 1. The zero-order valence-corrected chi connectivity index (χ0v) is 7.56. The summed E-state index contributed by atoms with van der Waals surface area (Å²) >= 11 is 0. The molecule has 0 saturated heterocycles. The van der Waals surface area contributed by atoms with Crippen LogP contribution in [-0.2, 0) is 16.0 Å². The fraction of sp³-hybridized carbons (Fsp3) is 0.182. The molecule has 0 aliphatic rings. The van der Waals surface area contributed by atoms with Gasteiger partial charge in [-0.3, -0.25) is 0 Å². The molecule has 0 aromatic heterocycles. The molecule has 0 amide bonds. The Kier molecular flexibility index (Phi) is 3.65. The number of benzene rings is 1. The van der Waals surface area contributed by atoms with Gasteiger partial charge in [-0.2, -0.15) is 0 Å². The molecule has 0 unspecified atom stereocenters. The molecule has 14 heavy (non-hydrogen) atoms. The van der Waals surface area contributed by atoms with Crippen molar-refractivity contribution in [2.75, 3.05) is 0 Å². The van der Waals surface area contributed by atoms with Crippen molar-refractivity contribution in [1.82, 2.24) is 0 Å². The summed E-state index contributed by atoms with van der Waals surface area (Å²) in [7, 11) is 0. The predicted molar refractivity (Wildman–Crippen MR) is 51.6 cm³/mol. The van der Waals surface area contributed by atoms with Gasteiger partial charge in [-0.15, -0.1) is 0 Å². The van der Waals surface area contributed by atoms with Crippen LogP contribution in [0.15, 0.2) is 35.9 Å². The Morgan fingerprint density at radius 2 is 1.93 bits per heavy atom. The molecule has 0 fully saturated rings. The maximum atomic E-state index is 10.5. The van der Waals surface area contributed by atoms with Gasteiger partial charge in [0.05, 0.1) is 0 Å². The molecule has 0 bridgehead atoms. The molecule has 3 heteroatoms. The quantitative estimate of drug-likeness (QED) is 0.577. The van der Waals surface area contributed by atoms with E-state index in [4.69, 9.17) is 5.11 Å². The van der Waals surface area contributed by atoms with Crippen LogP contribution in [0.3, 0.4) is 0 Å². The Hall–Kier alpha value is -1.86. The zero-order chi connectivity index (χ0) is 10.4. The number of carbonyl (C=O) groups is 1. The van der Waals surface area contributed by atoms with Crippen molar-refractivity contribution in [3.8, 4) is 0 Å². The first kappa shape index (κ1) is 10.2. The van der Waals surface area contributed by atoms with Gasteiger partial charge in [0, 0.05) is 0 Å². The monoisotopic (exact) mass is 190 g/mol. The van der Waals surface area contributed by atoms with E-state index in [9.17, 15) is 9.59 Å². The SMILES string of the molecule is O=C=C(CCc1ccccc1)C(=O)O. The van der Waals surface area contributed by atoms with Crippen molar-refractivity contribution in [3.05, 3.63) is 41.5 Å². The molecule has 0 heterocycles. The van der Waals surface area contributed by atoms with Crippen LogP contribution in [0.4, 0.5) is 0 Å². The lowest BCUT2D eigenvalue weighted by Crippen LogP contribution is -2.02. The van der Waals surface area contributed by atoms with Crippen LogP contribution in [0.2, 0.25) is 0 Å². The molecule has 0 atom stereocenters. The van der Waals surface area contributed by atoms with Gasteiger partial charge in [0.1, 0.15) is 11.5 Å². The standard InChI is InChI=1S/C11H10O3/c12-8-10(11(13)14)7-6-9-4-2-1-3-5-9/h1-5H,6-7H2,(H,13,14). The first-order valence-corrected chi connectivity index (χ1v) is 4.25. The number of carboxylic acids is 1. The van der Waals surface area contributed by atoms with Gasteiger partial charge in [-0.25, -0.2) is 9.59 Å². The lowest BCUT2D eigenvalue weighted by Gasteiger charge is -1.98. The Bertz CT molecular complexity index is 361. The first-order valence-electron chi connectivity index (χ1n) is 4.25. The van der Waals surface area contributed by atoms with Crippen molar-refractivity contribution in [3.63, 3.8) is 0 Å². The van der Waals surface area contributed by atoms with Gasteiger partial charge >= 0.3 is 5.97 Å². The first-order chi connectivity index (χ1) is 6.74. The normalized spacial score (nSPS) is 9.14. The van der Waals surface area contributed by atoms with E-state index in [1.807, 2.05) is 30.3 Å². The Labute approximate surface area is 81.7 Å². The fourth-order valence-corrected chi connectivity index (χ4v) is 1.12. The van der Waals surface area contributed by atoms with Gasteiger partial charge in [0.25, 0.3) is 0 Å². The Morgan fingerprint density at radius 1 is 1.29 bits per heavy atom. The minimum atomic E-state index is -1.18. The van der Waals surface area contributed by atoms with Gasteiger partial charge < -0.3 is 5.11 Å². The van der Waals surface area contributed by atoms with E-state index in [2.05, 4.69) is 0 Å². The molecule has 0 spiro atoms. The maximum absolute atomic E-state index is 10.5. The highest BCUT2D eigenvalue weighted by Gasteiger charge is 2.07. The highest BCUT2D eigenvalue weighted by molar-refractivity contribution is 5.95. The summed E-state index contributed by atoms with van der Waals surface area (Å²) in [6, 6.07) is 9.42. The summed E-state index contributed by atoms with van der Waals surface area (Å²) in [5.41, 5.74) is 0.815. The highest BCUT2D eigenvalue weighted by atomic mass is 16.4. The number of rotatable bonds is 4. The van der Waals surface area contributed by atoms with E-state index in [0.717, 1.165) is 5.56 Å². The maximum Gasteiger partial charge on any atom is 0.342 e. The Morgan fingerprint density at radius 3 is 2.43 bits per heavy atom. The number of carboxylic acid groups (broad SMARTS) is 1. The van der Waals surface area contributed by atoms with Gasteiger partial charge in [-0.05, 0) is 18.4 Å². The van der Waals surface area contributed by atoms with Crippen LogP contribution in [0.5, 0.6) is 0 Å². The van der Waals surface area contributed by atoms with Gasteiger partial charge in [-0.1, -0.05) is 30.3 Å². The largest absolute Gasteiger partial charge is 0.477 e. The number of hydrogen-bond donors (Lipinski definition) is 1. The average molecular weight is 190 g/mol. The second kappa shape index (κ2) is 5.00. The predicted octanol–water partition coefficient (Wildman–Crippen LogP) is 1.46. The third-order valence-electron chi connectivity index (χ3n) is 1.89. The summed E-state index contributed by atoms with van der Waals surface area (Å²) in [5, 5.41) is 8.55. The minimum absolute atomic E-state index is 0.200. The van der Waals surface area contributed by atoms with Crippen LogP contribution >= 0.6 is 0 Å². The zero-order valence-electron chi connectivity index (χ0n) is 7.56. The van der Waals surface area contributed by atoms with Crippen molar-refractivity contribution in [1.29, 1.82) is 0 Å². The van der Waals surface area contributed by atoms with E-state index in [1.165, 1.54) is 5.94 Å². The summed E-state index contributed by atoms with van der Waals surface area (Å²) in [5.74, 6) is 0.255. The molecular formula is C11H10O3. The number of hydrogen-bond acceptors (Lipinski definition) is 2. The average Bonchev–Trinajstić information content (AvgIpc) is 2.20. The molecular weight excluding hydrogens is 180 g/mol. The van der Waals surface area contributed by atoms with E-state index < -0.39 is 5.97 Å². The molecule has 1 N–H and O–H groups in total. The fourth-order valence-electron chi connectivity index (χ4n) is 1.12. The van der Waals surface area contributed by atoms with Gasteiger partial charge in [0.2, 0.25) is 0 Å². The van der Waals surface area contributed by atoms with E-state index in [0.29, 0.717) is 6.42 Å². The summed E-state index contributed by atoms with van der Waals surface area (Å²) in [4.78, 5) is 20.7. The molecule has 0 aliphatic heterocycles. The molecule has 0 saturated carbocycles. The molecule has 72 valence electrons. The highest BCUT2D eigenvalue weighted by Crippen LogP contribution is 2.06. The molecule has 0 radical (unpaired) electrons. The third-order valence-corrected chi connectivity index (χ3v) is 1.89. The van der Waals surface area contributed by atoms with E-state index in [-0.39, 0.29) is 12.0 Å². The van der Waals surface area contributed by atoms with Crippen molar-refractivity contribution >= 4 is 11.9 Å². The summed E-state index contributed by atoms with van der Waals surface area (Å²) in [6.45, 7) is 0. The lowest BCUT2D eigenvalue weighted by atomic mass is 10.1. The third kappa shape index (κ3) is 2.88. The molecule has 1 aromatic rings. The molecule has 0 aliphatic carbocycles. The van der Waals surface area contributed by atoms with Gasteiger partial charge in [0.15, 0.2) is 0 Å². The van der Waals surface area contributed by atoms with E-state index >= 15 is 0 Å². The second-order valence-corrected chi connectivity index (χ2v) is 2.87. The Balaban J connectivity index is 2.57. The number of aliphatic carboxylic acids is 1. The van der Waals surface area contributed by atoms with Crippen LogP contribution < -0.4 is 0 Å². The topological polar surface area (TPSA) is 54.4 Å². The van der Waals surface area contributed by atoms with Crippen LogP contribution in [-0.4, -0.2) is 17.0 Å². The smallest absolute Gasteiger partial charge is 0.342 e. The van der Waals surface area contributed by atoms with Crippen LogP contribution in [0, 0.1) is 0 Å². The summed E-state index contributed by atoms with van der Waals surface area (Å²) < 4.78 is 0. The molecule has 3 nitrogen and oxygen atoms in total. The molecule has 1 rings (SSSR count). The second-order valence-electron chi connectivity index (χ2n) is 2.87. The van der Waals surface area contributed by atoms with Crippen molar-refractivity contribution in [2.24, 2.45) is 0 Å². The minimum Gasteiger partial charge on any atom is -0.477 e. The van der Waals surface area contributed by atoms with Crippen molar-refractivity contribution in [2.45, 2.75) is 12.8 Å². The van der Waals surface area contributed by atoms with Crippen LogP contribution in [0.1, 0.15) is 12.0 Å². The number of aryl methyl sites for hydroxylation is 1. The van der Waals surface area contributed by atoms with E-state index in [1.54, 1.807) is 0 Å². The lowest BCUT2D eigenvalue weighted by molar-refractivity contribution is -0.132. The summed E-state index contributed by atoms with van der Waals surface area (Å²) in [6.07, 6.45) is 0.778. The van der Waals surface area contributed by atoms with Crippen molar-refractivity contribution < 1.29 is 14.7 Å². The molecule has 1 aromatic carbocycles.